The molecule has 0 spiro atoms. The maximum absolute atomic E-state index is 13.1. The van der Waals surface area contributed by atoms with Gasteiger partial charge in [-0.2, -0.15) is 4.31 Å². The summed E-state index contributed by atoms with van der Waals surface area (Å²) < 4.78 is 27.8. The summed E-state index contributed by atoms with van der Waals surface area (Å²) in [5.74, 6) is 0. The Morgan fingerprint density at radius 1 is 1.24 bits per heavy atom. The molecule has 0 bridgehead atoms. The van der Waals surface area contributed by atoms with Crippen LogP contribution in [0, 0.1) is 13.8 Å². The fraction of sp³-hybridized carbons (Fsp3) is 0.500. The van der Waals surface area contributed by atoms with Crippen molar-refractivity contribution in [3.05, 3.63) is 39.9 Å². The first kappa shape index (κ1) is 20.3. The van der Waals surface area contributed by atoms with Crippen LogP contribution < -0.4 is 10.6 Å². The SMILES string of the molecule is Cc1ccc(S(=O)(=O)N2CCc3nc(NC(=O)NC4CCCC4)sc3C2)c(C)c1. The van der Waals surface area contributed by atoms with E-state index >= 15 is 0 Å². The highest BCUT2D eigenvalue weighted by Crippen LogP contribution is 2.32. The highest BCUT2D eigenvalue weighted by atomic mass is 32.2. The largest absolute Gasteiger partial charge is 0.335 e. The summed E-state index contributed by atoms with van der Waals surface area (Å²) in [6.07, 6.45) is 4.89. The second-order valence-electron chi connectivity index (χ2n) is 7.83. The van der Waals surface area contributed by atoms with E-state index in [0.29, 0.717) is 23.0 Å². The molecule has 2 aliphatic rings. The molecule has 1 saturated carbocycles. The van der Waals surface area contributed by atoms with Crippen LogP contribution in [-0.4, -0.2) is 36.3 Å². The van der Waals surface area contributed by atoms with Gasteiger partial charge in [0, 0.05) is 23.9 Å². The number of amides is 2. The molecule has 0 radical (unpaired) electrons. The number of sulfonamides is 1. The lowest BCUT2D eigenvalue weighted by molar-refractivity contribution is 0.248. The minimum Gasteiger partial charge on any atom is -0.335 e. The summed E-state index contributed by atoms with van der Waals surface area (Å²) in [5.41, 5.74) is 2.67. The van der Waals surface area contributed by atoms with Gasteiger partial charge >= 0.3 is 6.03 Å². The van der Waals surface area contributed by atoms with Crippen LogP contribution in [0.25, 0.3) is 0 Å². The van der Waals surface area contributed by atoms with E-state index in [-0.39, 0.29) is 18.6 Å². The Balaban J connectivity index is 1.46. The summed E-state index contributed by atoms with van der Waals surface area (Å²) in [4.78, 5) is 17.9. The zero-order valence-corrected chi connectivity index (χ0v) is 18.3. The molecule has 0 atom stereocenters. The zero-order chi connectivity index (χ0) is 20.6. The van der Waals surface area contributed by atoms with Gasteiger partial charge in [-0.05, 0) is 38.3 Å². The number of aryl methyl sites for hydroxylation is 2. The third-order valence-corrected chi connectivity index (χ3v) is 8.56. The third-order valence-electron chi connectivity index (χ3n) is 5.56. The summed E-state index contributed by atoms with van der Waals surface area (Å²) in [6.45, 7) is 4.45. The van der Waals surface area contributed by atoms with Gasteiger partial charge in [0.15, 0.2) is 5.13 Å². The number of benzene rings is 1. The van der Waals surface area contributed by atoms with Gasteiger partial charge in [-0.25, -0.2) is 18.2 Å². The lowest BCUT2D eigenvalue weighted by Crippen LogP contribution is -2.36. The van der Waals surface area contributed by atoms with E-state index in [1.54, 1.807) is 6.07 Å². The van der Waals surface area contributed by atoms with E-state index in [1.807, 2.05) is 26.0 Å². The quantitative estimate of drug-likeness (QED) is 0.770. The average Bonchev–Trinajstić information content (AvgIpc) is 3.29. The van der Waals surface area contributed by atoms with Gasteiger partial charge in [-0.1, -0.05) is 41.9 Å². The smallest absolute Gasteiger partial charge is 0.321 e. The Kier molecular flexibility index (Phi) is 5.63. The van der Waals surface area contributed by atoms with Crippen LogP contribution in [-0.2, 0) is 23.0 Å². The topological polar surface area (TPSA) is 91.4 Å². The number of rotatable bonds is 4. The maximum atomic E-state index is 13.1. The van der Waals surface area contributed by atoms with Crippen molar-refractivity contribution in [1.29, 1.82) is 0 Å². The number of carbonyl (C=O) groups excluding carboxylic acids is 1. The highest BCUT2D eigenvalue weighted by molar-refractivity contribution is 7.89. The van der Waals surface area contributed by atoms with Crippen molar-refractivity contribution in [3.8, 4) is 0 Å². The summed E-state index contributed by atoms with van der Waals surface area (Å²) in [6, 6.07) is 5.40. The number of aromatic nitrogens is 1. The average molecular weight is 435 g/mol. The van der Waals surface area contributed by atoms with Crippen molar-refractivity contribution in [2.24, 2.45) is 0 Å². The van der Waals surface area contributed by atoms with E-state index < -0.39 is 10.0 Å². The minimum absolute atomic E-state index is 0.234. The Hall–Kier alpha value is -1.97. The number of hydrogen-bond donors (Lipinski definition) is 2. The molecular formula is C20H26N4O3S2. The van der Waals surface area contributed by atoms with Crippen molar-refractivity contribution >= 4 is 32.5 Å². The molecule has 7 nitrogen and oxygen atoms in total. The molecule has 1 aliphatic heterocycles. The molecule has 2 N–H and O–H groups in total. The number of nitrogens with zero attached hydrogens (tertiary/aromatic N) is 2. The molecule has 1 aliphatic carbocycles. The van der Waals surface area contributed by atoms with Gasteiger partial charge in [-0.3, -0.25) is 5.32 Å². The predicted octanol–water partition coefficient (Wildman–Crippen LogP) is 3.57. The lowest BCUT2D eigenvalue weighted by Gasteiger charge is -2.26. The van der Waals surface area contributed by atoms with Crippen LogP contribution in [0.1, 0.15) is 47.4 Å². The molecular weight excluding hydrogens is 408 g/mol. The second-order valence-corrected chi connectivity index (χ2v) is 10.8. The number of fused-ring (bicyclic) bond motifs is 1. The van der Waals surface area contributed by atoms with E-state index in [2.05, 4.69) is 15.6 Å². The number of carbonyl (C=O) groups is 1. The summed E-state index contributed by atoms with van der Waals surface area (Å²) in [7, 11) is -3.57. The highest BCUT2D eigenvalue weighted by Gasteiger charge is 2.31. The number of anilines is 1. The summed E-state index contributed by atoms with van der Waals surface area (Å²) >= 11 is 1.35. The Bertz CT molecular complexity index is 1030. The molecule has 2 heterocycles. The molecule has 4 rings (SSSR count). The first-order valence-electron chi connectivity index (χ1n) is 9.96. The molecule has 1 aromatic carbocycles. The van der Waals surface area contributed by atoms with E-state index in [1.165, 1.54) is 15.6 Å². The van der Waals surface area contributed by atoms with Gasteiger partial charge in [0.05, 0.1) is 17.1 Å². The van der Waals surface area contributed by atoms with Gasteiger partial charge in [-0.15, -0.1) is 0 Å². The van der Waals surface area contributed by atoms with Crippen LogP contribution in [0.2, 0.25) is 0 Å². The number of urea groups is 1. The molecule has 1 aromatic heterocycles. The Morgan fingerprint density at radius 2 is 2.00 bits per heavy atom. The molecule has 1 fully saturated rings. The predicted molar refractivity (Wildman–Crippen MR) is 114 cm³/mol. The molecule has 2 amide bonds. The van der Waals surface area contributed by atoms with Crippen molar-refractivity contribution in [2.45, 2.75) is 63.4 Å². The lowest BCUT2D eigenvalue weighted by atomic mass is 10.2. The first-order chi connectivity index (χ1) is 13.8. The normalized spacial score (nSPS) is 17.9. The third kappa shape index (κ3) is 4.31. The van der Waals surface area contributed by atoms with Crippen LogP contribution in [0.3, 0.4) is 0 Å². The molecule has 0 unspecified atom stereocenters. The second kappa shape index (κ2) is 8.04. The molecule has 9 heteroatoms. The molecule has 0 saturated heterocycles. The van der Waals surface area contributed by atoms with Crippen molar-refractivity contribution in [3.63, 3.8) is 0 Å². The van der Waals surface area contributed by atoms with Crippen molar-refractivity contribution in [2.75, 3.05) is 11.9 Å². The molecule has 29 heavy (non-hydrogen) atoms. The van der Waals surface area contributed by atoms with Crippen LogP contribution in [0.15, 0.2) is 23.1 Å². The van der Waals surface area contributed by atoms with Gasteiger partial charge < -0.3 is 5.32 Å². The van der Waals surface area contributed by atoms with Gasteiger partial charge in [0.2, 0.25) is 10.0 Å². The monoisotopic (exact) mass is 434 g/mol. The van der Waals surface area contributed by atoms with Crippen molar-refractivity contribution in [1.82, 2.24) is 14.6 Å². The molecule has 2 aromatic rings. The van der Waals surface area contributed by atoms with E-state index in [9.17, 15) is 13.2 Å². The van der Waals surface area contributed by atoms with Crippen LogP contribution in [0.5, 0.6) is 0 Å². The number of nitrogens with one attached hydrogen (secondary N) is 2. The van der Waals surface area contributed by atoms with Gasteiger partial charge in [0.25, 0.3) is 0 Å². The summed E-state index contributed by atoms with van der Waals surface area (Å²) in [5, 5.41) is 6.32. The van der Waals surface area contributed by atoms with Gasteiger partial charge in [0.1, 0.15) is 0 Å². The van der Waals surface area contributed by atoms with Crippen LogP contribution >= 0.6 is 11.3 Å². The molecule has 156 valence electrons. The fourth-order valence-electron chi connectivity index (χ4n) is 4.05. The number of hydrogen-bond acceptors (Lipinski definition) is 5. The van der Waals surface area contributed by atoms with E-state index in [0.717, 1.165) is 47.4 Å². The first-order valence-corrected chi connectivity index (χ1v) is 12.2. The fourth-order valence-corrected chi connectivity index (χ4v) is 6.76. The number of thiazole rings is 1. The zero-order valence-electron chi connectivity index (χ0n) is 16.7. The van der Waals surface area contributed by atoms with Crippen LogP contribution in [0.4, 0.5) is 9.93 Å². The maximum Gasteiger partial charge on any atom is 0.321 e. The Labute approximate surface area is 175 Å². The Morgan fingerprint density at radius 3 is 2.72 bits per heavy atom. The minimum atomic E-state index is -3.57. The standard InChI is InChI=1S/C20H26N4O3S2/c1-13-7-8-18(14(2)11-13)29(26,27)24-10-9-16-17(12-24)28-20(22-16)23-19(25)21-15-5-3-4-6-15/h7-8,11,15H,3-6,9-10,12H2,1-2H3,(H2,21,22,23,25). The van der Waals surface area contributed by atoms with E-state index in [4.69, 9.17) is 0 Å². The van der Waals surface area contributed by atoms with Crippen molar-refractivity contribution < 1.29 is 13.2 Å².